The highest BCUT2D eigenvalue weighted by Gasteiger charge is 2.29. The van der Waals surface area contributed by atoms with Crippen LogP contribution in [-0.2, 0) is 0 Å². The van der Waals surface area contributed by atoms with Gasteiger partial charge in [0, 0.05) is 0 Å². The molecule has 0 unspecified atom stereocenters. The Morgan fingerprint density at radius 3 is 1.93 bits per heavy atom. The first-order valence-electron chi connectivity index (χ1n) is 3.65. The lowest BCUT2D eigenvalue weighted by atomic mass is 10.2. The van der Waals surface area contributed by atoms with Gasteiger partial charge in [0.15, 0.2) is 10.8 Å². The highest BCUT2D eigenvalue weighted by atomic mass is 16.8. The average Bonchev–Trinajstić information content (AvgIpc) is 2.18. The Bertz CT molecular complexity index is 421. The zero-order valence-electron chi connectivity index (χ0n) is 7.23. The Morgan fingerprint density at radius 2 is 1.60 bits per heavy atom. The third kappa shape index (κ3) is 2.16. The van der Waals surface area contributed by atoms with Gasteiger partial charge in [0.05, 0.1) is 11.6 Å². The molecule has 1 aromatic carbocycles. The van der Waals surface area contributed by atoms with Crippen molar-refractivity contribution in [1.82, 2.24) is 0 Å². The zero-order valence-corrected chi connectivity index (χ0v) is 7.23. The minimum Gasteiger partial charge on any atom is -0.230 e. The Morgan fingerprint density at radius 1 is 1.13 bits per heavy atom. The lowest BCUT2D eigenvalue weighted by Crippen LogP contribution is -2.35. The van der Waals surface area contributed by atoms with Crippen molar-refractivity contribution >= 4 is 5.69 Å². The Balaban J connectivity index is 3.09. The normalized spacial score (nSPS) is 9.00. The molecule has 0 bridgehead atoms. The molecule has 0 aliphatic rings. The highest BCUT2D eigenvalue weighted by Crippen LogP contribution is 2.14. The van der Waals surface area contributed by atoms with Crippen LogP contribution in [0.2, 0.25) is 0 Å². The molecule has 0 heterocycles. The van der Waals surface area contributed by atoms with Crippen LogP contribution < -0.4 is 5.12 Å². The number of rotatable bonds is 3. The van der Waals surface area contributed by atoms with Gasteiger partial charge in [-0.3, -0.25) is 0 Å². The third-order valence-electron chi connectivity index (χ3n) is 1.54. The molecule has 0 atom stereocenters. The number of hydrogen-bond donors (Lipinski definition) is 0. The predicted molar refractivity (Wildman–Crippen MR) is 47.6 cm³/mol. The Hall–Kier alpha value is -2.69. The molecule has 0 aliphatic heterocycles. The second-order valence-electron chi connectivity index (χ2n) is 2.42. The summed E-state index contributed by atoms with van der Waals surface area (Å²) < 4.78 is 0. The average molecular weight is 208 g/mol. The van der Waals surface area contributed by atoms with Gasteiger partial charge in [0.25, 0.3) is 0 Å². The summed E-state index contributed by atoms with van der Waals surface area (Å²) in [7, 11) is 0. The summed E-state index contributed by atoms with van der Waals surface area (Å²) >= 11 is 0. The van der Waals surface area contributed by atoms with Crippen LogP contribution in [0.4, 0.5) is 5.69 Å². The quantitative estimate of drug-likeness (QED) is 0.534. The van der Waals surface area contributed by atoms with Crippen LogP contribution >= 0.6 is 0 Å². The van der Waals surface area contributed by atoms with E-state index >= 15 is 0 Å². The van der Waals surface area contributed by atoms with Gasteiger partial charge in [-0.05, 0) is 24.3 Å². The van der Waals surface area contributed by atoms with E-state index in [2.05, 4.69) is 0 Å². The van der Waals surface area contributed by atoms with Gasteiger partial charge >= 0.3 is 0 Å². The first kappa shape index (κ1) is 10.4. The van der Waals surface area contributed by atoms with Gasteiger partial charge in [0.2, 0.25) is 10.1 Å². The largest absolute Gasteiger partial charge is 0.230 e. The molecule has 0 amide bonds. The molecular formula is C7H4N4O4. The zero-order chi connectivity index (χ0) is 11.4. The molecule has 0 saturated carbocycles. The monoisotopic (exact) mass is 208 g/mol. The van der Waals surface area contributed by atoms with E-state index in [0.29, 0.717) is 0 Å². The second-order valence-corrected chi connectivity index (χ2v) is 2.42. The molecule has 0 N–H and O–H groups in total. The number of hydrogen-bond acceptors (Lipinski definition) is 5. The van der Waals surface area contributed by atoms with Crippen molar-refractivity contribution in [3.05, 3.63) is 50.1 Å². The van der Waals surface area contributed by atoms with Crippen LogP contribution in [0, 0.1) is 31.6 Å². The summed E-state index contributed by atoms with van der Waals surface area (Å²) in [5.41, 5.74) is 0.0504. The molecular weight excluding hydrogens is 204 g/mol. The van der Waals surface area contributed by atoms with Crippen molar-refractivity contribution in [2.75, 3.05) is 5.12 Å². The Kier molecular flexibility index (Phi) is 2.78. The van der Waals surface area contributed by atoms with Gasteiger partial charge in [-0.1, -0.05) is 0 Å². The topological polar surface area (TPSA) is 113 Å². The molecule has 15 heavy (non-hydrogen) atoms. The molecule has 1 aromatic rings. The van der Waals surface area contributed by atoms with Crippen molar-refractivity contribution in [3.63, 3.8) is 0 Å². The number of benzene rings is 1. The fourth-order valence-corrected chi connectivity index (χ4v) is 0.917. The van der Waals surface area contributed by atoms with Gasteiger partial charge in [-0.2, -0.15) is 5.26 Å². The standard InChI is InChI=1S/C7H4N4O4/c8-5-6-1-3-7(4-2-6)9(10(12)13)11(14)15/h1-4H. The SMILES string of the molecule is N#Cc1ccc(N([N+](=O)[O-])[N+](=O)[O-])cc1. The van der Waals surface area contributed by atoms with Crippen LogP contribution in [0.15, 0.2) is 24.3 Å². The minimum atomic E-state index is -1.15. The smallest absolute Gasteiger partial charge is 0.228 e. The number of nitro groups is 2. The van der Waals surface area contributed by atoms with Gasteiger partial charge in [0.1, 0.15) is 0 Å². The molecule has 0 radical (unpaired) electrons. The summed E-state index contributed by atoms with van der Waals surface area (Å²) in [5, 5.41) is 26.6. The maximum atomic E-state index is 10.3. The van der Waals surface area contributed by atoms with Crippen molar-refractivity contribution in [2.24, 2.45) is 0 Å². The minimum absolute atomic E-state index is 0.219. The first-order chi connectivity index (χ1) is 7.06. The molecule has 0 saturated heterocycles. The van der Waals surface area contributed by atoms with E-state index in [1.165, 1.54) is 12.1 Å². The lowest BCUT2D eigenvalue weighted by molar-refractivity contribution is -0.711. The van der Waals surface area contributed by atoms with E-state index in [0.717, 1.165) is 12.1 Å². The molecule has 0 aromatic heterocycles. The molecule has 0 aliphatic carbocycles. The lowest BCUT2D eigenvalue weighted by Gasteiger charge is -2.02. The number of nitrogens with zero attached hydrogens (tertiary/aromatic N) is 4. The molecule has 1 rings (SSSR count). The third-order valence-corrected chi connectivity index (χ3v) is 1.54. The summed E-state index contributed by atoms with van der Waals surface area (Å²) in [6, 6.07) is 6.57. The van der Waals surface area contributed by atoms with Crippen LogP contribution in [0.25, 0.3) is 0 Å². The van der Waals surface area contributed by atoms with Gasteiger partial charge in [-0.25, -0.2) is 20.2 Å². The van der Waals surface area contributed by atoms with Crippen LogP contribution in [0.5, 0.6) is 0 Å². The number of hydrazine groups is 2. The number of nitriles is 1. The van der Waals surface area contributed by atoms with E-state index < -0.39 is 10.1 Å². The van der Waals surface area contributed by atoms with Crippen molar-refractivity contribution in [1.29, 1.82) is 5.26 Å². The summed E-state index contributed by atoms with van der Waals surface area (Å²) in [6.45, 7) is 0. The summed E-state index contributed by atoms with van der Waals surface area (Å²) in [5.74, 6) is 0. The van der Waals surface area contributed by atoms with Crippen LogP contribution in [0.3, 0.4) is 0 Å². The molecule has 0 spiro atoms. The van der Waals surface area contributed by atoms with E-state index in [4.69, 9.17) is 5.26 Å². The fraction of sp³-hybridized carbons (Fsp3) is 0. The van der Waals surface area contributed by atoms with Gasteiger partial charge < -0.3 is 0 Å². The molecule has 8 nitrogen and oxygen atoms in total. The van der Waals surface area contributed by atoms with Crippen molar-refractivity contribution in [3.8, 4) is 6.07 Å². The van der Waals surface area contributed by atoms with E-state index in [-0.39, 0.29) is 16.4 Å². The predicted octanol–water partition coefficient (Wildman–Crippen LogP) is 0.748. The van der Waals surface area contributed by atoms with Gasteiger partial charge in [-0.15, -0.1) is 0 Å². The number of anilines is 1. The maximum absolute atomic E-state index is 10.3. The van der Waals surface area contributed by atoms with Crippen molar-refractivity contribution < 1.29 is 10.1 Å². The molecule has 8 heteroatoms. The molecule has 0 fully saturated rings. The van der Waals surface area contributed by atoms with E-state index in [1.54, 1.807) is 6.07 Å². The van der Waals surface area contributed by atoms with Crippen LogP contribution in [0.1, 0.15) is 5.56 Å². The fourth-order valence-electron chi connectivity index (χ4n) is 0.917. The summed E-state index contributed by atoms with van der Waals surface area (Å²) in [6.07, 6.45) is 0. The molecule has 76 valence electrons. The summed E-state index contributed by atoms with van der Waals surface area (Å²) in [4.78, 5) is 20.6. The first-order valence-corrected chi connectivity index (χ1v) is 3.65. The van der Waals surface area contributed by atoms with Crippen molar-refractivity contribution in [2.45, 2.75) is 0 Å². The maximum Gasteiger partial charge on any atom is 0.228 e. The second kappa shape index (κ2) is 4.01. The van der Waals surface area contributed by atoms with E-state index in [9.17, 15) is 20.2 Å². The van der Waals surface area contributed by atoms with Crippen LogP contribution in [-0.4, -0.2) is 10.1 Å². The highest BCUT2D eigenvalue weighted by molar-refractivity contribution is 5.45. The Labute approximate surface area is 83.2 Å². The van der Waals surface area contributed by atoms with E-state index in [1.807, 2.05) is 0 Å².